The Hall–Kier alpha value is -1.19. The minimum atomic E-state index is -3.69. The molecular weight excluding hydrogens is 262 g/mol. The molecule has 1 aliphatic heterocycles. The minimum absolute atomic E-state index is 0.0388. The molecule has 0 unspecified atom stereocenters. The van der Waals surface area contributed by atoms with E-state index < -0.39 is 16.2 Å². The Morgan fingerprint density at radius 3 is 2.11 bits per heavy atom. The molecule has 0 aliphatic carbocycles. The molecule has 8 nitrogen and oxygen atoms in total. The molecule has 9 heteroatoms. The number of carboxylic acid groups (broad SMARTS) is 1. The van der Waals surface area contributed by atoms with E-state index >= 15 is 0 Å². The van der Waals surface area contributed by atoms with E-state index in [1.54, 1.807) is 0 Å². The normalized spacial score (nSPS) is 17.7. The lowest BCUT2D eigenvalue weighted by Gasteiger charge is -2.32. The standard InChI is InChI=1S/C9H17N3O5S/c10-18(16,17)12-6-4-11(5-7-12)8(13)2-1-3-9(14)15/h1-7H2,(H,14,15)(H2,10,16,17). The van der Waals surface area contributed by atoms with Crippen molar-refractivity contribution in [2.45, 2.75) is 19.3 Å². The molecule has 0 aromatic heterocycles. The Labute approximate surface area is 106 Å². The third kappa shape index (κ3) is 4.59. The van der Waals surface area contributed by atoms with E-state index in [1.807, 2.05) is 0 Å². The minimum Gasteiger partial charge on any atom is -0.481 e. The van der Waals surface area contributed by atoms with Crippen LogP contribution in [0.25, 0.3) is 0 Å². The first-order valence-electron chi connectivity index (χ1n) is 5.58. The lowest BCUT2D eigenvalue weighted by Crippen LogP contribution is -2.52. The highest BCUT2D eigenvalue weighted by atomic mass is 32.2. The van der Waals surface area contributed by atoms with Crippen LogP contribution in [0.15, 0.2) is 0 Å². The fraction of sp³-hybridized carbons (Fsp3) is 0.778. The molecule has 0 aromatic carbocycles. The molecule has 104 valence electrons. The van der Waals surface area contributed by atoms with E-state index in [0.29, 0.717) is 19.5 Å². The van der Waals surface area contributed by atoms with Crippen molar-refractivity contribution in [3.8, 4) is 0 Å². The van der Waals surface area contributed by atoms with Gasteiger partial charge < -0.3 is 10.0 Å². The second-order valence-corrected chi connectivity index (χ2v) is 5.62. The first-order chi connectivity index (χ1) is 8.30. The number of nitrogens with two attached hydrogens (primary N) is 1. The van der Waals surface area contributed by atoms with Gasteiger partial charge in [-0.15, -0.1) is 0 Å². The zero-order valence-corrected chi connectivity index (χ0v) is 10.7. The smallest absolute Gasteiger partial charge is 0.303 e. The summed E-state index contributed by atoms with van der Waals surface area (Å²) in [5, 5.41) is 13.4. The summed E-state index contributed by atoms with van der Waals surface area (Å²) in [5.41, 5.74) is 0. The molecular formula is C9H17N3O5S. The number of hydrogen-bond acceptors (Lipinski definition) is 4. The van der Waals surface area contributed by atoms with Crippen LogP contribution in [0, 0.1) is 0 Å². The maximum atomic E-state index is 11.7. The van der Waals surface area contributed by atoms with Gasteiger partial charge in [-0.05, 0) is 6.42 Å². The number of rotatable bonds is 5. The third-order valence-electron chi connectivity index (χ3n) is 2.73. The number of carbonyl (C=O) groups is 2. The number of nitrogens with zero attached hydrogens (tertiary/aromatic N) is 2. The first-order valence-corrected chi connectivity index (χ1v) is 7.08. The van der Waals surface area contributed by atoms with Crippen molar-refractivity contribution in [3.05, 3.63) is 0 Å². The van der Waals surface area contributed by atoms with Crippen LogP contribution in [0.4, 0.5) is 0 Å². The zero-order chi connectivity index (χ0) is 13.8. The molecule has 1 fully saturated rings. The molecule has 1 saturated heterocycles. The summed E-state index contributed by atoms with van der Waals surface area (Å²) in [6, 6.07) is 0. The van der Waals surface area contributed by atoms with Gasteiger partial charge in [-0.2, -0.15) is 12.7 Å². The maximum Gasteiger partial charge on any atom is 0.303 e. The highest BCUT2D eigenvalue weighted by Crippen LogP contribution is 2.07. The van der Waals surface area contributed by atoms with Gasteiger partial charge in [0.1, 0.15) is 0 Å². The summed E-state index contributed by atoms with van der Waals surface area (Å²) in [5.74, 6) is -1.08. The zero-order valence-electron chi connectivity index (χ0n) is 9.91. The van der Waals surface area contributed by atoms with Crippen LogP contribution >= 0.6 is 0 Å². The number of carboxylic acids is 1. The van der Waals surface area contributed by atoms with E-state index in [0.717, 1.165) is 4.31 Å². The molecule has 0 aromatic rings. The summed E-state index contributed by atoms with van der Waals surface area (Å²) in [7, 11) is -3.69. The Bertz CT molecular complexity index is 414. The van der Waals surface area contributed by atoms with Crippen molar-refractivity contribution < 1.29 is 23.1 Å². The summed E-state index contributed by atoms with van der Waals surface area (Å²) in [6.45, 7) is 0.956. The molecule has 0 radical (unpaired) electrons. The average molecular weight is 279 g/mol. The molecule has 1 amide bonds. The molecule has 0 atom stereocenters. The van der Waals surface area contributed by atoms with Crippen LogP contribution < -0.4 is 5.14 Å². The molecule has 0 saturated carbocycles. The van der Waals surface area contributed by atoms with Gasteiger partial charge in [-0.25, -0.2) is 5.14 Å². The average Bonchev–Trinajstić information content (AvgIpc) is 2.27. The van der Waals surface area contributed by atoms with Crippen LogP contribution in [0.2, 0.25) is 0 Å². The van der Waals surface area contributed by atoms with Gasteiger partial charge in [0.2, 0.25) is 5.91 Å². The van der Waals surface area contributed by atoms with Gasteiger partial charge in [-0.3, -0.25) is 9.59 Å². The highest BCUT2D eigenvalue weighted by Gasteiger charge is 2.26. The lowest BCUT2D eigenvalue weighted by atomic mass is 10.2. The SMILES string of the molecule is NS(=O)(=O)N1CCN(C(=O)CCCC(=O)O)CC1. The maximum absolute atomic E-state index is 11.7. The third-order valence-corrected chi connectivity index (χ3v) is 3.82. The predicted molar refractivity (Wildman–Crippen MR) is 62.7 cm³/mol. The fourth-order valence-corrected chi connectivity index (χ4v) is 2.41. The second kappa shape index (κ2) is 6.12. The van der Waals surface area contributed by atoms with Crippen molar-refractivity contribution >= 4 is 22.1 Å². The number of amides is 1. The van der Waals surface area contributed by atoms with E-state index in [1.165, 1.54) is 4.90 Å². The Kier molecular flexibility index (Phi) is 5.05. The molecule has 0 bridgehead atoms. The largest absolute Gasteiger partial charge is 0.481 e. The van der Waals surface area contributed by atoms with Crippen molar-refractivity contribution in [1.29, 1.82) is 0 Å². The van der Waals surface area contributed by atoms with E-state index in [4.69, 9.17) is 10.2 Å². The van der Waals surface area contributed by atoms with Gasteiger partial charge >= 0.3 is 5.97 Å². The molecule has 1 rings (SSSR count). The number of aliphatic carboxylic acids is 1. The highest BCUT2D eigenvalue weighted by molar-refractivity contribution is 7.86. The van der Waals surface area contributed by atoms with Crippen LogP contribution in [0.5, 0.6) is 0 Å². The number of carbonyl (C=O) groups excluding carboxylic acids is 1. The first kappa shape index (κ1) is 14.9. The molecule has 1 heterocycles. The Morgan fingerprint density at radius 1 is 1.11 bits per heavy atom. The van der Waals surface area contributed by atoms with E-state index in [-0.39, 0.29) is 31.8 Å². The topological polar surface area (TPSA) is 121 Å². The summed E-state index contributed by atoms with van der Waals surface area (Å²) in [6.07, 6.45) is 0.425. The van der Waals surface area contributed by atoms with Crippen LogP contribution in [0.1, 0.15) is 19.3 Å². The summed E-state index contributed by atoms with van der Waals surface area (Å²) < 4.78 is 23.2. The van der Waals surface area contributed by atoms with Crippen LogP contribution in [0.3, 0.4) is 0 Å². The molecule has 3 N–H and O–H groups in total. The van der Waals surface area contributed by atoms with Gasteiger partial charge in [0.25, 0.3) is 10.2 Å². The molecule has 1 aliphatic rings. The summed E-state index contributed by atoms with van der Waals surface area (Å²) in [4.78, 5) is 23.5. The fourth-order valence-electron chi connectivity index (χ4n) is 1.74. The van der Waals surface area contributed by atoms with Gasteiger partial charge in [-0.1, -0.05) is 0 Å². The van der Waals surface area contributed by atoms with Gasteiger partial charge in [0, 0.05) is 39.0 Å². The van der Waals surface area contributed by atoms with Crippen molar-refractivity contribution in [2.75, 3.05) is 26.2 Å². The van der Waals surface area contributed by atoms with Crippen molar-refractivity contribution in [3.63, 3.8) is 0 Å². The summed E-state index contributed by atoms with van der Waals surface area (Å²) >= 11 is 0. The predicted octanol–water partition coefficient (Wildman–Crippen LogP) is -1.41. The number of piperazine rings is 1. The molecule has 18 heavy (non-hydrogen) atoms. The molecule has 0 spiro atoms. The monoisotopic (exact) mass is 279 g/mol. The second-order valence-electron chi connectivity index (χ2n) is 4.07. The van der Waals surface area contributed by atoms with Gasteiger partial charge in [0.05, 0.1) is 0 Å². The quantitative estimate of drug-likeness (QED) is 0.640. The Balaban J connectivity index is 2.34. The van der Waals surface area contributed by atoms with Gasteiger partial charge in [0.15, 0.2) is 0 Å². The van der Waals surface area contributed by atoms with Crippen molar-refractivity contribution in [2.24, 2.45) is 5.14 Å². The number of hydrogen-bond donors (Lipinski definition) is 2. The van der Waals surface area contributed by atoms with Crippen molar-refractivity contribution in [1.82, 2.24) is 9.21 Å². The van der Waals surface area contributed by atoms with Crippen LogP contribution in [-0.2, 0) is 19.8 Å². The van der Waals surface area contributed by atoms with E-state index in [2.05, 4.69) is 0 Å². The van der Waals surface area contributed by atoms with Crippen LogP contribution in [-0.4, -0.2) is 60.8 Å². The Morgan fingerprint density at radius 2 is 1.67 bits per heavy atom. The van der Waals surface area contributed by atoms with E-state index in [9.17, 15) is 18.0 Å². The lowest BCUT2D eigenvalue weighted by molar-refractivity contribution is -0.137.